The van der Waals surface area contributed by atoms with E-state index in [4.69, 9.17) is 4.42 Å². The van der Waals surface area contributed by atoms with Crippen LogP contribution in [-0.2, 0) is 4.79 Å². The van der Waals surface area contributed by atoms with Crippen LogP contribution in [0.3, 0.4) is 0 Å². The van der Waals surface area contributed by atoms with Gasteiger partial charge in [0, 0.05) is 32.5 Å². The number of nitrogens with zero attached hydrogens (tertiary/aromatic N) is 4. The summed E-state index contributed by atoms with van der Waals surface area (Å²) in [5.41, 5.74) is 0.894. The number of aryl methyl sites for hydroxylation is 1. The van der Waals surface area contributed by atoms with Crippen LogP contribution in [0.2, 0.25) is 0 Å². The Bertz CT molecular complexity index is 615. The summed E-state index contributed by atoms with van der Waals surface area (Å²) in [5, 5.41) is 7.81. The van der Waals surface area contributed by atoms with Gasteiger partial charge in [-0.3, -0.25) is 4.79 Å². The average Bonchev–Trinajstić information content (AvgIpc) is 3.02. The molecule has 2 aliphatic rings. The second-order valence-electron chi connectivity index (χ2n) is 6.76. The molecular formula is C17H25FN4O2. The van der Waals surface area contributed by atoms with Crippen LogP contribution in [0.15, 0.2) is 16.1 Å². The predicted octanol–water partition coefficient (Wildman–Crippen LogP) is 2.64. The molecule has 1 aromatic heterocycles. The smallest absolute Gasteiger partial charge is 0.318 e. The van der Waals surface area contributed by atoms with Gasteiger partial charge in [0.25, 0.3) is 0 Å². The number of rotatable bonds is 4. The highest BCUT2D eigenvalue weighted by molar-refractivity contribution is 5.93. The van der Waals surface area contributed by atoms with Gasteiger partial charge in [-0.15, -0.1) is 5.10 Å². The highest BCUT2D eigenvalue weighted by atomic mass is 19.1. The van der Waals surface area contributed by atoms with Crippen molar-refractivity contribution < 1.29 is 13.6 Å². The molecule has 2 atom stereocenters. The molecule has 1 aliphatic carbocycles. The lowest BCUT2D eigenvalue weighted by atomic mass is 10.1. The molecule has 0 radical (unpaired) electrons. The third-order valence-corrected chi connectivity index (χ3v) is 4.77. The minimum absolute atomic E-state index is 0.0564. The van der Waals surface area contributed by atoms with E-state index >= 15 is 0 Å². The minimum Gasteiger partial charge on any atom is -0.408 e. The molecule has 1 saturated heterocycles. The van der Waals surface area contributed by atoms with Crippen molar-refractivity contribution in [3.63, 3.8) is 0 Å². The van der Waals surface area contributed by atoms with Crippen LogP contribution in [0, 0.1) is 6.92 Å². The number of likely N-dealkylation sites (N-methyl/N-ethyl adjacent to an activating group) is 1. The first-order valence-corrected chi connectivity index (χ1v) is 8.70. The quantitative estimate of drug-likeness (QED) is 0.846. The maximum absolute atomic E-state index is 13.9. The molecule has 1 aromatic rings. The van der Waals surface area contributed by atoms with Gasteiger partial charge >= 0.3 is 6.01 Å². The summed E-state index contributed by atoms with van der Waals surface area (Å²) in [6.45, 7) is 2.40. The standard InChI is InChI=1S/C17H25FN4O2/c1-12-19-20-17(24-12)22-10-14(18)9-15(22)11-21(2)16(23)13-7-5-3-4-6-8-13/h7,14-15H,3-6,8-11H2,1-2H3/t14-,15-/m0/s1. The van der Waals surface area contributed by atoms with Crippen LogP contribution in [0.25, 0.3) is 0 Å². The van der Waals surface area contributed by atoms with E-state index in [9.17, 15) is 9.18 Å². The molecule has 1 aliphatic heterocycles. The lowest BCUT2D eigenvalue weighted by Crippen LogP contribution is -2.42. The van der Waals surface area contributed by atoms with Crippen LogP contribution in [0.5, 0.6) is 0 Å². The Labute approximate surface area is 141 Å². The molecule has 0 saturated carbocycles. The molecule has 7 heteroatoms. The van der Waals surface area contributed by atoms with Gasteiger partial charge < -0.3 is 14.2 Å². The van der Waals surface area contributed by atoms with Crippen molar-refractivity contribution in [2.75, 3.05) is 25.0 Å². The summed E-state index contributed by atoms with van der Waals surface area (Å²) in [6.07, 6.45) is 6.70. The number of alkyl halides is 1. The molecule has 3 rings (SSSR count). The van der Waals surface area contributed by atoms with Gasteiger partial charge in [0.2, 0.25) is 11.8 Å². The van der Waals surface area contributed by atoms with E-state index in [1.807, 2.05) is 0 Å². The van der Waals surface area contributed by atoms with E-state index in [2.05, 4.69) is 16.3 Å². The Balaban J connectivity index is 1.66. The number of amides is 1. The van der Waals surface area contributed by atoms with Crippen molar-refractivity contribution in [1.82, 2.24) is 15.1 Å². The summed E-state index contributed by atoms with van der Waals surface area (Å²) < 4.78 is 19.4. The molecule has 0 aromatic carbocycles. The highest BCUT2D eigenvalue weighted by Crippen LogP contribution is 2.27. The van der Waals surface area contributed by atoms with Gasteiger partial charge in [0.05, 0.1) is 12.6 Å². The maximum Gasteiger partial charge on any atom is 0.318 e. The topological polar surface area (TPSA) is 62.5 Å². The molecule has 132 valence electrons. The van der Waals surface area contributed by atoms with Crippen molar-refractivity contribution in [2.24, 2.45) is 0 Å². The van der Waals surface area contributed by atoms with Gasteiger partial charge in [0.15, 0.2) is 0 Å². The average molecular weight is 336 g/mol. The number of halogens is 1. The molecule has 0 unspecified atom stereocenters. The van der Waals surface area contributed by atoms with Gasteiger partial charge in [-0.1, -0.05) is 17.6 Å². The van der Waals surface area contributed by atoms with Crippen molar-refractivity contribution in [1.29, 1.82) is 0 Å². The number of hydrogen-bond acceptors (Lipinski definition) is 5. The molecule has 0 spiro atoms. The van der Waals surface area contributed by atoms with E-state index in [1.54, 1.807) is 23.8 Å². The van der Waals surface area contributed by atoms with Gasteiger partial charge in [-0.25, -0.2) is 4.39 Å². The van der Waals surface area contributed by atoms with E-state index in [0.717, 1.165) is 31.3 Å². The van der Waals surface area contributed by atoms with E-state index < -0.39 is 6.17 Å². The second-order valence-corrected chi connectivity index (χ2v) is 6.76. The summed E-state index contributed by atoms with van der Waals surface area (Å²) in [4.78, 5) is 16.2. The zero-order chi connectivity index (χ0) is 17.1. The van der Waals surface area contributed by atoms with Crippen molar-refractivity contribution in [3.05, 3.63) is 17.5 Å². The first-order chi connectivity index (χ1) is 11.5. The summed E-state index contributed by atoms with van der Waals surface area (Å²) in [6, 6.07) is 0.201. The number of aromatic nitrogens is 2. The number of hydrogen-bond donors (Lipinski definition) is 0. The molecule has 0 bridgehead atoms. The predicted molar refractivity (Wildman–Crippen MR) is 88.5 cm³/mol. The van der Waals surface area contributed by atoms with E-state index in [0.29, 0.717) is 24.9 Å². The normalized spacial score (nSPS) is 24.6. The first kappa shape index (κ1) is 16.9. The zero-order valence-electron chi connectivity index (χ0n) is 14.4. The largest absolute Gasteiger partial charge is 0.408 e. The number of anilines is 1. The first-order valence-electron chi connectivity index (χ1n) is 8.70. The number of carbonyl (C=O) groups excluding carboxylic acids is 1. The highest BCUT2D eigenvalue weighted by Gasteiger charge is 2.36. The van der Waals surface area contributed by atoms with Gasteiger partial charge in [0.1, 0.15) is 6.17 Å². The molecule has 0 N–H and O–H groups in total. The van der Waals surface area contributed by atoms with Crippen LogP contribution in [0.1, 0.15) is 44.4 Å². The lowest BCUT2D eigenvalue weighted by molar-refractivity contribution is -0.126. The second kappa shape index (κ2) is 7.32. The Morgan fingerprint density at radius 2 is 2.25 bits per heavy atom. The van der Waals surface area contributed by atoms with Crippen LogP contribution < -0.4 is 4.90 Å². The molecule has 24 heavy (non-hydrogen) atoms. The van der Waals surface area contributed by atoms with Gasteiger partial charge in [-0.05, 0) is 25.7 Å². The maximum atomic E-state index is 13.9. The van der Waals surface area contributed by atoms with Crippen LogP contribution in [-0.4, -0.2) is 53.4 Å². The minimum atomic E-state index is -0.942. The lowest BCUT2D eigenvalue weighted by Gasteiger charge is -2.27. The number of allylic oxidation sites excluding steroid dienone is 1. The fraction of sp³-hybridized carbons (Fsp3) is 0.706. The zero-order valence-corrected chi connectivity index (χ0v) is 14.4. The third kappa shape index (κ3) is 3.76. The van der Waals surface area contributed by atoms with E-state index in [-0.39, 0.29) is 18.5 Å². The summed E-state index contributed by atoms with van der Waals surface area (Å²) >= 11 is 0. The molecular weight excluding hydrogens is 311 g/mol. The Kier molecular flexibility index (Phi) is 5.16. The van der Waals surface area contributed by atoms with Crippen molar-refractivity contribution >= 4 is 11.9 Å². The monoisotopic (exact) mass is 336 g/mol. The van der Waals surface area contributed by atoms with Crippen LogP contribution in [0.4, 0.5) is 10.4 Å². The number of carbonyl (C=O) groups is 1. The molecule has 1 fully saturated rings. The fourth-order valence-corrected chi connectivity index (χ4v) is 3.52. The Hall–Kier alpha value is -1.92. The summed E-state index contributed by atoms with van der Waals surface area (Å²) in [7, 11) is 1.79. The van der Waals surface area contributed by atoms with Crippen LogP contribution >= 0.6 is 0 Å². The fourth-order valence-electron chi connectivity index (χ4n) is 3.52. The van der Waals surface area contributed by atoms with Crippen molar-refractivity contribution in [2.45, 2.75) is 57.7 Å². The van der Waals surface area contributed by atoms with E-state index in [1.165, 1.54) is 6.42 Å². The Morgan fingerprint density at radius 1 is 1.42 bits per heavy atom. The van der Waals surface area contributed by atoms with Gasteiger partial charge in [-0.2, -0.15) is 0 Å². The Morgan fingerprint density at radius 3 is 3.00 bits per heavy atom. The molecule has 2 heterocycles. The third-order valence-electron chi connectivity index (χ3n) is 4.77. The molecule has 6 nitrogen and oxygen atoms in total. The summed E-state index contributed by atoms with van der Waals surface area (Å²) in [5.74, 6) is 0.514. The molecule has 1 amide bonds. The van der Waals surface area contributed by atoms with Crippen molar-refractivity contribution in [3.8, 4) is 0 Å². The SMILES string of the molecule is Cc1nnc(N2C[C@@H](F)C[C@H]2CN(C)C(=O)C2=CCCCCC2)o1.